The summed E-state index contributed by atoms with van der Waals surface area (Å²) in [7, 11) is 0. The van der Waals surface area contributed by atoms with E-state index in [2.05, 4.69) is 9.97 Å². The molecule has 1 aromatic heterocycles. The zero-order chi connectivity index (χ0) is 10.1. The van der Waals surface area contributed by atoms with Gasteiger partial charge in [0.1, 0.15) is 11.6 Å². The number of hydrogen-bond donors (Lipinski definition) is 2. The van der Waals surface area contributed by atoms with E-state index in [0.717, 1.165) is 17.1 Å². The van der Waals surface area contributed by atoms with E-state index in [-0.39, 0.29) is 0 Å². The van der Waals surface area contributed by atoms with Gasteiger partial charge in [-0.05, 0) is 19.1 Å². The third kappa shape index (κ3) is 1.59. The van der Waals surface area contributed by atoms with E-state index in [0.29, 0.717) is 10.8 Å². The zero-order valence-corrected chi connectivity index (χ0v) is 8.47. The van der Waals surface area contributed by atoms with Gasteiger partial charge in [0.2, 0.25) is 0 Å². The number of hydrogen-bond acceptors (Lipinski definition) is 2. The Kier molecular flexibility index (Phi) is 2.17. The van der Waals surface area contributed by atoms with Crippen molar-refractivity contribution in [1.29, 1.82) is 0 Å². The minimum atomic E-state index is 0.518. The van der Waals surface area contributed by atoms with Crippen LogP contribution in [0.15, 0.2) is 24.3 Å². The normalized spacial score (nSPS) is 10.4. The van der Waals surface area contributed by atoms with Crippen molar-refractivity contribution in [2.45, 2.75) is 6.92 Å². The van der Waals surface area contributed by atoms with E-state index >= 15 is 0 Å². The number of H-pyrrole nitrogens is 1. The number of rotatable bonds is 1. The molecular weight excluding hydrogens is 198 g/mol. The minimum Gasteiger partial charge on any atom is -0.382 e. The lowest BCUT2D eigenvalue weighted by atomic mass is 10.1. The van der Waals surface area contributed by atoms with Crippen LogP contribution in [0.25, 0.3) is 11.3 Å². The Morgan fingerprint density at radius 2 is 1.93 bits per heavy atom. The van der Waals surface area contributed by atoms with Crippen LogP contribution in [0.2, 0.25) is 5.02 Å². The molecular formula is C10H10ClN3. The third-order valence-corrected chi connectivity index (χ3v) is 2.24. The molecule has 0 amide bonds. The first kappa shape index (κ1) is 9.09. The lowest BCUT2D eigenvalue weighted by Crippen LogP contribution is -1.87. The van der Waals surface area contributed by atoms with Crippen LogP contribution in [0.1, 0.15) is 5.82 Å². The standard InChI is InChI=1S/C10H10ClN3/c1-6-13-9(10(12)14-6)7-2-4-8(11)5-3-7/h2-5H,12H2,1H3,(H,13,14). The molecule has 0 atom stereocenters. The molecule has 0 aliphatic carbocycles. The highest BCUT2D eigenvalue weighted by Gasteiger charge is 2.06. The maximum atomic E-state index is 5.79. The highest BCUT2D eigenvalue weighted by atomic mass is 35.5. The number of nitrogen functional groups attached to an aromatic ring is 1. The van der Waals surface area contributed by atoms with E-state index in [9.17, 15) is 0 Å². The Labute approximate surface area is 86.9 Å². The van der Waals surface area contributed by atoms with Gasteiger partial charge in [-0.3, -0.25) is 0 Å². The topological polar surface area (TPSA) is 54.7 Å². The number of nitrogens with zero attached hydrogens (tertiary/aromatic N) is 1. The Hall–Kier alpha value is -1.48. The fourth-order valence-corrected chi connectivity index (χ4v) is 1.47. The van der Waals surface area contributed by atoms with Crippen LogP contribution in [0.3, 0.4) is 0 Å². The largest absolute Gasteiger partial charge is 0.382 e. The molecule has 72 valence electrons. The Balaban J connectivity index is 2.49. The smallest absolute Gasteiger partial charge is 0.149 e. The number of aromatic nitrogens is 2. The molecule has 0 unspecified atom stereocenters. The van der Waals surface area contributed by atoms with Gasteiger partial charge in [-0.2, -0.15) is 0 Å². The van der Waals surface area contributed by atoms with Gasteiger partial charge < -0.3 is 10.7 Å². The molecule has 0 saturated heterocycles. The van der Waals surface area contributed by atoms with Gasteiger partial charge in [-0.1, -0.05) is 23.7 Å². The molecule has 0 radical (unpaired) electrons. The summed E-state index contributed by atoms with van der Waals surface area (Å²) in [5.41, 5.74) is 7.58. The molecule has 0 bridgehead atoms. The van der Waals surface area contributed by atoms with Crippen LogP contribution in [0, 0.1) is 6.92 Å². The number of aryl methyl sites for hydroxylation is 1. The van der Waals surface area contributed by atoms with Crippen molar-refractivity contribution in [2.75, 3.05) is 5.73 Å². The highest BCUT2D eigenvalue weighted by molar-refractivity contribution is 6.30. The molecule has 3 nitrogen and oxygen atoms in total. The van der Waals surface area contributed by atoms with Gasteiger partial charge in [-0.15, -0.1) is 0 Å². The quantitative estimate of drug-likeness (QED) is 0.755. The Morgan fingerprint density at radius 3 is 2.43 bits per heavy atom. The molecule has 14 heavy (non-hydrogen) atoms. The molecule has 2 aromatic rings. The molecule has 4 heteroatoms. The van der Waals surface area contributed by atoms with E-state index in [4.69, 9.17) is 17.3 Å². The van der Waals surface area contributed by atoms with Gasteiger partial charge in [-0.25, -0.2) is 4.98 Å². The zero-order valence-electron chi connectivity index (χ0n) is 7.71. The number of nitrogens with two attached hydrogens (primary N) is 1. The van der Waals surface area contributed by atoms with E-state index in [1.165, 1.54) is 0 Å². The lowest BCUT2D eigenvalue weighted by molar-refractivity contribution is 1.15. The number of nitrogens with one attached hydrogen (secondary N) is 1. The van der Waals surface area contributed by atoms with Crippen LogP contribution in [-0.2, 0) is 0 Å². The Morgan fingerprint density at radius 1 is 1.29 bits per heavy atom. The molecule has 2 rings (SSSR count). The van der Waals surface area contributed by atoms with Crippen molar-refractivity contribution in [3.8, 4) is 11.3 Å². The predicted molar refractivity (Wildman–Crippen MR) is 58.2 cm³/mol. The number of imidazole rings is 1. The van der Waals surface area contributed by atoms with Crippen molar-refractivity contribution in [3.05, 3.63) is 35.1 Å². The SMILES string of the molecule is Cc1nc(N)c(-c2ccc(Cl)cc2)[nH]1. The summed E-state index contributed by atoms with van der Waals surface area (Å²) in [4.78, 5) is 7.20. The number of halogens is 1. The summed E-state index contributed by atoms with van der Waals surface area (Å²) < 4.78 is 0. The first-order valence-corrected chi connectivity index (χ1v) is 4.62. The van der Waals surface area contributed by atoms with Crippen molar-refractivity contribution in [3.63, 3.8) is 0 Å². The summed E-state index contributed by atoms with van der Waals surface area (Å²) in [6.07, 6.45) is 0. The van der Waals surface area contributed by atoms with E-state index in [1.807, 2.05) is 31.2 Å². The maximum absolute atomic E-state index is 5.79. The lowest BCUT2D eigenvalue weighted by Gasteiger charge is -1.98. The van der Waals surface area contributed by atoms with Crippen molar-refractivity contribution in [1.82, 2.24) is 9.97 Å². The second-order valence-corrected chi connectivity index (χ2v) is 3.53. The maximum Gasteiger partial charge on any atom is 0.149 e. The molecule has 3 N–H and O–H groups in total. The van der Waals surface area contributed by atoms with Crippen molar-refractivity contribution < 1.29 is 0 Å². The van der Waals surface area contributed by atoms with Gasteiger partial charge in [0.15, 0.2) is 0 Å². The number of benzene rings is 1. The molecule has 0 aliphatic heterocycles. The average molecular weight is 208 g/mol. The van der Waals surface area contributed by atoms with E-state index < -0.39 is 0 Å². The number of aromatic amines is 1. The third-order valence-electron chi connectivity index (χ3n) is 1.98. The molecule has 0 spiro atoms. The van der Waals surface area contributed by atoms with Crippen LogP contribution < -0.4 is 5.73 Å². The fraction of sp³-hybridized carbons (Fsp3) is 0.100. The molecule has 1 heterocycles. The molecule has 0 aliphatic rings. The van der Waals surface area contributed by atoms with Gasteiger partial charge in [0.25, 0.3) is 0 Å². The van der Waals surface area contributed by atoms with E-state index in [1.54, 1.807) is 0 Å². The summed E-state index contributed by atoms with van der Waals surface area (Å²) in [5.74, 6) is 1.33. The summed E-state index contributed by atoms with van der Waals surface area (Å²) in [6, 6.07) is 7.47. The predicted octanol–water partition coefficient (Wildman–Crippen LogP) is 2.62. The second-order valence-electron chi connectivity index (χ2n) is 3.09. The molecule has 1 aromatic carbocycles. The van der Waals surface area contributed by atoms with Crippen LogP contribution in [0.5, 0.6) is 0 Å². The van der Waals surface area contributed by atoms with Crippen LogP contribution in [0.4, 0.5) is 5.82 Å². The van der Waals surface area contributed by atoms with Crippen LogP contribution >= 0.6 is 11.6 Å². The summed E-state index contributed by atoms with van der Waals surface area (Å²) in [5, 5.41) is 0.712. The highest BCUT2D eigenvalue weighted by Crippen LogP contribution is 2.24. The van der Waals surface area contributed by atoms with Crippen molar-refractivity contribution in [2.24, 2.45) is 0 Å². The first-order chi connectivity index (χ1) is 6.66. The van der Waals surface area contributed by atoms with Gasteiger partial charge in [0, 0.05) is 10.6 Å². The Bertz CT molecular complexity index is 445. The second kappa shape index (κ2) is 3.35. The summed E-state index contributed by atoms with van der Waals surface area (Å²) >= 11 is 5.79. The average Bonchev–Trinajstić information content (AvgIpc) is 2.47. The van der Waals surface area contributed by atoms with Crippen molar-refractivity contribution >= 4 is 17.4 Å². The number of anilines is 1. The molecule has 0 saturated carbocycles. The monoisotopic (exact) mass is 207 g/mol. The van der Waals surface area contributed by atoms with Gasteiger partial charge >= 0.3 is 0 Å². The van der Waals surface area contributed by atoms with Crippen LogP contribution in [-0.4, -0.2) is 9.97 Å². The molecule has 0 fully saturated rings. The minimum absolute atomic E-state index is 0.518. The fourth-order valence-electron chi connectivity index (χ4n) is 1.35. The first-order valence-electron chi connectivity index (χ1n) is 4.25. The van der Waals surface area contributed by atoms with Gasteiger partial charge in [0.05, 0.1) is 5.69 Å². The summed E-state index contributed by atoms with van der Waals surface area (Å²) in [6.45, 7) is 1.87.